The molecule has 8 heteroatoms. The number of rotatable bonds is 7. The third kappa shape index (κ3) is 5.23. The lowest BCUT2D eigenvalue weighted by molar-refractivity contribution is 0.0659. The molecule has 3 aromatic rings. The summed E-state index contributed by atoms with van der Waals surface area (Å²) in [6.07, 6.45) is 3.58. The highest BCUT2D eigenvalue weighted by Crippen LogP contribution is 2.24. The third-order valence-corrected chi connectivity index (χ3v) is 6.05. The number of carbonyl (C=O) groups excluding carboxylic acids is 1. The number of aliphatic imine (C=N–C) groups is 1. The Morgan fingerprint density at radius 3 is 2.68 bits per heavy atom. The minimum atomic E-state index is 0.0362. The normalized spacial score (nSPS) is 15.1. The van der Waals surface area contributed by atoms with E-state index in [0.717, 1.165) is 48.3 Å². The first kappa shape index (κ1) is 23.4. The fourth-order valence-electron chi connectivity index (χ4n) is 3.74. The monoisotopic (exact) mass is 457 g/mol. The number of allylic oxidation sites excluding steroid dienone is 2. The van der Waals surface area contributed by atoms with Crippen molar-refractivity contribution in [1.82, 2.24) is 24.8 Å². The highest BCUT2D eigenvalue weighted by molar-refractivity contribution is 5.98. The molecule has 176 valence electrons. The van der Waals surface area contributed by atoms with Gasteiger partial charge in [-0.25, -0.2) is 9.97 Å². The van der Waals surface area contributed by atoms with Gasteiger partial charge >= 0.3 is 0 Å². The summed E-state index contributed by atoms with van der Waals surface area (Å²) in [5.74, 6) is 0.789. The second kappa shape index (κ2) is 10.0. The molecule has 0 atom stereocenters. The Morgan fingerprint density at radius 2 is 1.97 bits per heavy atom. The summed E-state index contributed by atoms with van der Waals surface area (Å²) >= 11 is 0. The van der Waals surface area contributed by atoms with Gasteiger partial charge in [0.05, 0.1) is 11.4 Å². The number of amides is 1. The molecule has 34 heavy (non-hydrogen) atoms. The molecule has 8 nitrogen and oxygen atoms in total. The molecular weight excluding hydrogens is 426 g/mol. The molecule has 0 spiro atoms. The summed E-state index contributed by atoms with van der Waals surface area (Å²) in [7, 11) is 2.08. The first-order chi connectivity index (χ1) is 16.3. The number of piperazine rings is 1. The molecule has 0 radical (unpaired) electrons. The molecule has 4 rings (SSSR count). The number of fused-ring (bicyclic) bond motifs is 1. The summed E-state index contributed by atoms with van der Waals surface area (Å²) in [6, 6.07) is 9.56. The highest BCUT2D eigenvalue weighted by atomic mass is 16.2. The van der Waals surface area contributed by atoms with Crippen molar-refractivity contribution in [3.05, 3.63) is 66.1 Å². The van der Waals surface area contributed by atoms with Crippen molar-refractivity contribution in [3.63, 3.8) is 0 Å². The van der Waals surface area contributed by atoms with Crippen molar-refractivity contribution < 1.29 is 4.79 Å². The molecule has 0 unspecified atom stereocenters. The Bertz CT molecular complexity index is 1250. The number of carbonyl (C=O) groups is 1. The van der Waals surface area contributed by atoms with Crippen molar-refractivity contribution in [3.8, 4) is 0 Å². The average Bonchev–Trinajstić information content (AvgIpc) is 3.26. The van der Waals surface area contributed by atoms with Crippen molar-refractivity contribution in [1.29, 1.82) is 0 Å². The van der Waals surface area contributed by atoms with E-state index in [1.54, 1.807) is 12.3 Å². The van der Waals surface area contributed by atoms with Crippen molar-refractivity contribution in [2.75, 3.05) is 38.5 Å². The number of hydrogen-bond donors (Lipinski definition) is 2. The van der Waals surface area contributed by atoms with Gasteiger partial charge in [0.25, 0.3) is 5.91 Å². The van der Waals surface area contributed by atoms with Crippen LogP contribution in [-0.2, 0) is 0 Å². The van der Waals surface area contributed by atoms with Crippen LogP contribution in [0.4, 0.5) is 11.6 Å². The minimum absolute atomic E-state index is 0.0362. The average molecular weight is 458 g/mol. The number of anilines is 2. The van der Waals surface area contributed by atoms with E-state index in [1.807, 2.05) is 35.2 Å². The number of nitrogens with zero attached hydrogens (tertiary/aromatic N) is 5. The Balaban J connectivity index is 1.53. The molecule has 0 aliphatic carbocycles. The van der Waals surface area contributed by atoms with Gasteiger partial charge < -0.3 is 20.1 Å². The molecule has 1 saturated heterocycles. The maximum absolute atomic E-state index is 12.9. The van der Waals surface area contributed by atoms with E-state index in [9.17, 15) is 4.79 Å². The highest BCUT2D eigenvalue weighted by Gasteiger charge is 2.21. The molecule has 1 amide bonds. The van der Waals surface area contributed by atoms with E-state index < -0.39 is 0 Å². The standard InChI is InChI=1S/C26H31N7O/c1-17(2)18(3)14-23(27-4)22-8-9-28-26(31-22)29-20-6-7-21-19(15-20)16-24(30-21)25(34)33-12-10-32(5)11-13-33/h6-9,14-17,30H,3-4,10-13H2,1-2,5H3,(H,28,29,31)/b23-14-. The second-order valence-corrected chi connectivity index (χ2v) is 8.89. The molecule has 3 heterocycles. The molecular formula is C26H31N7O. The minimum Gasteiger partial charge on any atom is -0.351 e. The molecule has 1 aliphatic heterocycles. The Kier molecular flexibility index (Phi) is 6.88. The van der Waals surface area contributed by atoms with Crippen LogP contribution in [0.25, 0.3) is 16.6 Å². The quantitative estimate of drug-likeness (QED) is 0.407. The van der Waals surface area contributed by atoms with Crippen LogP contribution in [0.5, 0.6) is 0 Å². The number of hydrogen-bond acceptors (Lipinski definition) is 6. The molecule has 1 aliphatic rings. The fourth-order valence-corrected chi connectivity index (χ4v) is 3.74. The van der Waals surface area contributed by atoms with Crippen LogP contribution in [-0.4, -0.2) is 70.6 Å². The molecule has 0 bridgehead atoms. The lowest BCUT2D eigenvalue weighted by atomic mass is 10.0. The van der Waals surface area contributed by atoms with Gasteiger partial charge in [-0.1, -0.05) is 26.0 Å². The molecule has 1 fully saturated rings. The first-order valence-corrected chi connectivity index (χ1v) is 11.4. The summed E-state index contributed by atoms with van der Waals surface area (Å²) in [5.41, 5.74) is 4.61. The predicted octanol–water partition coefficient (Wildman–Crippen LogP) is 4.34. The maximum Gasteiger partial charge on any atom is 0.270 e. The van der Waals surface area contributed by atoms with Crippen LogP contribution in [0.15, 0.2) is 59.7 Å². The summed E-state index contributed by atoms with van der Waals surface area (Å²) in [6.45, 7) is 15.2. The lowest BCUT2D eigenvalue weighted by Crippen LogP contribution is -2.47. The van der Waals surface area contributed by atoms with Gasteiger partial charge in [0, 0.05) is 49.0 Å². The Hall–Kier alpha value is -3.78. The van der Waals surface area contributed by atoms with Crippen LogP contribution in [0.2, 0.25) is 0 Å². The van der Waals surface area contributed by atoms with Crippen molar-refractivity contribution >= 4 is 40.9 Å². The smallest absolute Gasteiger partial charge is 0.270 e. The molecule has 0 saturated carbocycles. The molecule has 2 N–H and O–H groups in total. The predicted molar refractivity (Wildman–Crippen MR) is 139 cm³/mol. The van der Waals surface area contributed by atoms with E-state index in [0.29, 0.717) is 29.0 Å². The third-order valence-electron chi connectivity index (χ3n) is 6.05. The van der Waals surface area contributed by atoms with Gasteiger partial charge in [-0.15, -0.1) is 0 Å². The van der Waals surface area contributed by atoms with E-state index in [2.05, 4.69) is 64.4 Å². The Morgan fingerprint density at radius 1 is 1.21 bits per heavy atom. The van der Waals surface area contributed by atoms with Gasteiger partial charge in [-0.3, -0.25) is 9.79 Å². The number of likely N-dealkylation sites (N-methyl/N-ethyl adjacent to an activating group) is 1. The van der Waals surface area contributed by atoms with Crippen LogP contribution < -0.4 is 5.32 Å². The molecule has 1 aromatic carbocycles. The van der Waals surface area contributed by atoms with Crippen LogP contribution in [0.3, 0.4) is 0 Å². The van der Waals surface area contributed by atoms with Crippen LogP contribution >= 0.6 is 0 Å². The fraction of sp³-hybridized carbons (Fsp3) is 0.308. The zero-order chi connectivity index (χ0) is 24.2. The number of aromatic nitrogens is 3. The molecule has 2 aromatic heterocycles. The number of nitrogens with one attached hydrogen (secondary N) is 2. The van der Waals surface area contributed by atoms with E-state index in [4.69, 9.17) is 0 Å². The largest absolute Gasteiger partial charge is 0.351 e. The number of H-pyrrole nitrogens is 1. The summed E-state index contributed by atoms with van der Waals surface area (Å²) in [4.78, 5) is 33.4. The second-order valence-electron chi connectivity index (χ2n) is 8.89. The Labute approximate surface area is 200 Å². The van der Waals surface area contributed by atoms with E-state index in [-0.39, 0.29) is 5.91 Å². The number of aromatic amines is 1. The van der Waals surface area contributed by atoms with E-state index in [1.165, 1.54) is 0 Å². The summed E-state index contributed by atoms with van der Waals surface area (Å²) < 4.78 is 0. The zero-order valence-corrected chi connectivity index (χ0v) is 20.0. The first-order valence-electron chi connectivity index (χ1n) is 11.4. The van der Waals surface area contributed by atoms with Gasteiger partial charge in [0.2, 0.25) is 5.95 Å². The lowest BCUT2D eigenvalue weighted by Gasteiger charge is -2.32. The van der Waals surface area contributed by atoms with Gasteiger partial charge in [0.1, 0.15) is 5.69 Å². The van der Waals surface area contributed by atoms with Crippen LogP contribution in [0, 0.1) is 5.92 Å². The van der Waals surface area contributed by atoms with Crippen molar-refractivity contribution in [2.24, 2.45) is 10.9 Å². The maximum atomic E-state index is 12.9. The van der Waals surface area contributed by atoms with Crippen molar-refractivity contribution in [2.45, 2.75) is 13.8 Å². The van der Waals surface area contributed by atoms with Gasteiger partial charge in [0.15, 0.2) is 0 Å². The van der Waals surface area contributed by atoms with Crippen LogP contribution in [0.1, 0.15) is 30.0 Å². The van der Waals surface area contributed by atoms with Gasteiger partial charge in [-0.2, -0.15) is 0 Å². The number of benzene rings is 1. The van der Waals surface area contributed by atoms with Gasteiger partial charge in [-0.05, 0) is 56.1 Å². The summed E-state index contributed by atoms with van der Waals surface area (Å²) in [5, 5.41) is 4.19. The van der Waals surface area contributed by atoms with E-state index >= 15 is 0 Å². The zero-order valence-electron chi connectivity index (χ0n) is 20.0. The SMILES string of the molecule is C=N/C(=C\C(=C)C(C)C)c1ccnc(Nc2ccc3[nH]c(C(=O)N4CCN(C)CC4)cc3c2)n1. The topological polar surface area (TPSA) is 89.5 Å².